The summed E-state index contributed by atoms with van der Waals surface area (Å²) in [5, 5.41) is 3.42. The number of nitrogens with one attached hydrogen (secondary N) is 1. The van der Waals surface area contributed by atoms with Crippen molar-refractivity contribution in [2.75, 3.05) is 46.5 Å². The Bertz CT molecular complexity index is 182. The second-order valence-electron chi connectivity index (χ2n) is 4.74. The third-order valence-corrected chi connectivity index (χ3v) is 3.43. The zero-order valence-corrected chi connectivity index (χ0v) is 11.6. The van der Waals surface area contributed by atoms with Crippen LogP contribution in [-0.2, 0) is 9.47 Å². The molecule has 0 amide bonds. The van der Waals surface area contributed by atoms with Crippen molar-refractivity contribution < 1.29 is 9.47 Å². The minimum absolute atomic E-state index is 0.491. The molecule has 102 valence electrons. The first-order valence-corrected chi connectivity index (χ1v) is 6.83. The molecule has 1 saturated heterocycles. The molecule has 1 heterocycles. The van der Waals surface area contributed by atoms with Gasteiger partial charge in [-0.1, -0.05) is 0 Å². The monoisotopic (exact) mass is 244 g/mol. The van der Waals surface area contributed by atoms with E-state index < -0.39 is 0 Å². The predicted molar refractivity (Wildman–Crippen MR) is 70.4 cm³/mol. The Kier molecular flexibility index (Phi) is 7.77. The minimum Gasteiger partial charge on any atom is -0.383 e. The molecular formula is C13H28N2O2. The van der Waals surface area contributed by atoms with Gasteiger partial charge in [-0.05, 0) is 26.7 Å². The molecule has 0 radical (unpaired) electrons. The first-order chi connectivity index (χ1) is 8.27. The van der Waals surface area contributed by atoms with Gasteiger partial charge in [0.25, 0.3) is 0 Å². The van der Waals surface area contributed by atoms with Crippen LogP contribution in [0.2, 0.25) is 0 Å². The summed E-state index contributed by atoms with van der Waals surface area (Å²) in [6.07, 6.45) is 2.84. The number of nitrogens with zero attached hydrogens (tertiary/aromatic N) is 1. The maximum atomic E-state index is 5.67. The first-order valence-electron chi connectivity index (χ1n) is 6.83. The Morgan fingerprint density at radius 2 is 2.06 bits per heavy atom. The molecule has 1 aliphatic rings. The SMILES string of the molecule is CCOC1CCN(C(C)CNCCOC)CC1. The van der Waals surface area contributed by atoms with Crippen molar-refractivity contribution in [3.05, 3.63) is 0 Å². The van der Waals surface area contributed by atoms with E-state index >= 15 is 0 Å². The maximum absolute atomic E-state index is 5.67. The number of likely N-dealkylation sites (tertiary alicyclic amines) is 1. The highest BCUT2D eigenvalue weighted by Gasteiger charge is 2.22. The number of hydrogen-bond donors (Lipinski definition) is 1. The van der Waals surface area contributed by atoms with Gasteiger partial charge in [0, 0.05) is 45.9 Å². The molecule has 0 aliphatic carbocycles. The summed E-state index contributed by atoms with van der Waals surface area (Å²) in [7, 11) is 1.74. The second-order valence-corrected chi connectivity index (χ2v) is 4.74. The Hall–Kier alpha value is -0.160. The van der Waals surface area contributed by atoms with E-state index in [0.717, 1.165) is 39.4 Å². The second kappa shape index (κ2) is 8.86. The van der Waals surface area contributed by atoms with Gasteiger partial charge in [0.1, 0.15) is 0 Å². The van der Waals surface area contributed by atoms with Crippen LogP contribution in [0, 0.1) is 0 Å². The molecule has 4 nitrogen and oxygen atoms in total. The maximum Gasteiger partial charge on any atom is 0.0599 e. The van der Waals surface area contributed by atoms with Gasteiger partial charge in [-0.2, -0.15) is 0 Å². The van der Waals surface area contributed by atoms with Crippen LogP contribution in [0.1, 0.15) is 26.7 Å². The number of ether oxygens (including phenoxy) is 2. The summed E-state index contributed by atoms with van der Waals surface area (Å²) in [6, 6.07) is 0.606. The molecule has 1 rings (SSSR count). The quantitative estimate of drug-likeness (QED) is 0.649. The summed E-state index contributed by atoms with van der Waals surface area (Å²) in [5.74, 6) is 0. The summed E-state index contributed by atoms with van der Waals surface area (Å²) < 4.78 is 10.7. The number of hydrogen-bond acceptors (Lipinski definition) is 4. The number of piperidine rings is 1. The van der Waals surface area contributed by atoms with Gasteiger partial charge < -0.3 is 14.8 Å². The van der Waals surface area contributed by atoms with Crippen molar-refractivity contribution in [3.63, 3.8) is 0 Å². The van der Waals surface area contributed by atoms with Gasteiger partial charge >= 0.3 is 0 Å². The van der Waals surface area contributed by atoms with Crippen molar-refractivity contribution in [1.29, 1.82) is 0 Å². The third-order valence-electron chi connectivity index (χ3n) is 3.43. The summed E-state index contributed by atoms with van der Waals surface area (Å²) in [5.41, 5.74) is 0. The third kappa shape index (κ3) is 5.82. The van der Waals surface area contributed by atoms with Crippen LogP contribution in [0.5, 0.6) is 0 Å². The zero-order valence-electron chi connectivity index (χ0n) is 11.6. The highest BCUT2D eigenvalue weighted by Crippen LogP contribution is 2.15. The molecule has 1 unspecified atom stereocenters. The molecule has 0 aromatic heterocycles. The van der Waals surface area contributed by atoms with Gasteiger partial charge in [-0.15, -0.1) is 0 Å². The van der Waals surface area contributed by atoms with E-state index in [1.807, 2.05) is 0 Å². The Balaban J connectivity index is 2.10. The molecule has 1 atom stereocenters. The Labute approximate surface area is 106 Å². The standard InChI is InChI=1S/C13H28N2O2/c1-4-17-13-5-8-15(9-6-13)12(2)11-14-7-10-16-3/h12-14H,4-11H2,1-3H3. The van der Waals surface area contributed by atoms with Gasteiger partial charge in [0.05, 0.1) is 12.7 Å². The van der Waals surface area contributed by atoms with Gasteiger partial charge in [-0.3, -0.25) is 4.90 Å². The highest BCUT2D eigenvalue weighted by atomic mass is 16.5. The molecule has 1 N–H and O–H groups in total. The lowest BCUT2D eigenvalue weighted by molar-refractivity contribution is 0.00583. The molecule has 1 fully saturated rings. The molecule has 0 aromatic rings. The smallest absolute Gasteiger partial charge is 0.0599 e. The average molecular weight is 244 g/mol. The van der Waals surface area contributed by atoms with E-state index in [0.29, 0.717) is 12.1 Å². The molecule has 1 aliphatic heterocycles. The van der Waals surface area contributed by atoms with Crippen LogP contribution in [0.25, 0.3) is 0 Å². The Morgan fingerprint density at radius 3 is 2.65 bits per heavy atom. The van der Waals surface area contributed by atoms with Crippen molar-refractivity contribution in [2.24, 2.45) is 0 Å². The van der Waals surface area contributed by atoms with Gasteiger partial charge in [-0.25, -0.2) is 0 Å². The van der Waals surface area contributed by atoms with Crippen LogP contribution in [0.15, 0.2) is 0 Å². The van der Waals surface area contributed by atoms with Gasteiger partial charge in [0.2, 0.25) is 0 Å². The minimum atomic E-state index is 0.491. The fourth-order valence-corrected chi connectivity index (χ4v) is 2.33. The fraction of sp³-hybridized carbons (Fsp3) is 1.00. The van der Waals surface area contributed by atoms with Crippen molar-refractivity contribution in [3.8, 4) is 0 Å². The molecule has 0 saturated carbocycles. The van der Waals surface area contributed by atoms with Crippen molar-refractivity contribution in [2.45, 2.75) is 38.8 Å². The molecule has 0 bridgehead atoms. The summed E-state index contributed by atoms with van der Waals surface area (Å²) in [4.78, 5) is 2.55. The van der Waals surface area contributed by atoms with E-state index in [1.54, 1.807) is 7.11 Å². The first kappa shape index (κ1) is 14.9. The lowest BCUT2D eigenvalue weighted by atomic mass is 10.1. The normalized spacial score (nSPS) is 20.6. The molecule has 4 heteroatoms. The highest BCUT2D eigenvalue weighted by molar-refractivity contribution is 4.77. The van der Waals surface area contributed by atoms with Crippen LogP contribution >= 0.6 is 0 Å². The lowest BCUT2D eigenvalue weighted by Gasteiger charge is -2.36. The number of methoxy groups -OCH3 is 1. The van der Waals surface area contributed by atoms with E-state index in [4.69, 9.17) is 9.47 Å². The van der Waals surface area contributed by atoms with E-state index in [1.165, 1.54) is 12.8 Å². The molecule has 17 heavy (non-hydrogen) atoms. The van der Waals surface area contributed by atoms with E-state index in [-0.39, 0.29) is 0 Å². The van der Waals surface area contributed by atoms with Crippen LogP contribution < -0.4 is 5.32 Å². The average Bonchev–Trinajstić information content (AvgIpc) is 2.36. The molecule has 0 aromatic carbocycles. The van der Waals surface area contributed by atoms with Crippen molar-refractivity contribution >= 4 is 0 Å². The topological polar surface area (TPSA) is 33.7 Å². The van der Waals surface area contributed by atoms with E-state index in [9.17, 15) is 0 Å². The molecule has 0 spiro atoms. The number of rotatable bonds is 8. The largest absolute Gasteiger partial charge is 0.383 e. The summed E-state index contributed by atoms with van der Waals surface area (Å²) >= 11 is 0. The fourth-order valence-electron chi connectivity index (χ4n) is 2.33. The van der Waals surface area contributed by atoms with Crippen LogP contribution in [0.4, 0.5) is 0 Å². The predicted octanol–water partition coefficient (Wildman–Crippen LogP) is 1.11. The Morgan fingerprint density at radius 1 is 1.35 bits per heavy atom. The van der Waals surface area contributed by atoms with E-state index in [2.05, 4.69) is 24.1 Å². The molecular weight excluding hydrogens is 216 g/mol. The zero-order chi connectivity index (χ0) is 12.5. The van der Waals surface area contributed by atoms with Gasteiger partial charge in [0.15, 0.2) is 0 Å². The van der Waals surface area contributed by atoms with Crippen LogP contribution in [0.3, 0.4) is 0 Å². The summed E-state index contributed by atoms with van der Waals surface area (Å²) in [6.45, 7) is 10.3. The van der Waals surface area contributed by atoms with Crippen molar-refractivity contribution in [1.82, 2.24) is 10.2 Å². The van der Waals surface area contributed by atoms with Crippen LogP contribution in [-0.4, -0.2) is 63.5 Å². The lowest BCUT2D eigenvalue weighted by Crippen LogP contribution is -2.46.